The van der Waals surface area contributed by atoms with Crippen LogP contribution in [0, 0.1) is 0 Å². The molecule has 0 unspecified atom stereocenters. The van der Waals surface area contributed by atoms with Crippen molar-refractivity contribution in [3.05, 3.63) is 10.3 Å². The molecule has 9 heteroatoms. The number of carboxylic acid groups (broad SMARTS) is 1. The van der Waals surface area contributed by atoms with E-state index in [2.05, 4.69) is 4.74 Å². The fraction of sp³-hybridized carbons (Fsp3) is 0.364. The Bertz CT molecular complexity index is 569. The highest BCUT2D eigenvalue weighted by Crippen LogP contribution is 2.40. The largest absolute Gasteiger partial charge is 0.481 e. The SMILES string of the molecule is COC(=O)[C@@H](N)CN1C(=O)COc2csc(C(=O)O)c21. The maximum absolute atomic E-state index is 11.9. The van der Waals surface area contributed by atoms with Crippen molar-refractivity contribution < 1.29 is 29.0 Å². The molecule has 0 spiro atoms. The van der Waals surface area contributed by atoms with Gasteiger partial charge in [-0.25, -0.2) is 4.79 Å². The van der Waals surface area contributed by atoms with E-state index < -0.39 is 23.9 Å². The first-order chi connectivity index (χ1) is 9.45. The summed E-state index contributed by atoms with van der Waals surface area (Å²) in [7, 11) is 1.18. The first kappa shape index (κ1) is 14.3. The number of amides is 1. The zero-order chi connectivity index (χ0) is 14.9. The van der Waals surface area contributed by atoms with Gasteiger partial charge < -0.3 is 25.2 Å². The zero-order valence-corrected chi connectivity index (χ0v) is 11.3. The first-order valence-electron chi connectivity index (χ1n) is 5.57. The highest BCUT2D eigenvalue weighted by atomic mass is 32.1. The number of anilines is 1. The van der Waals surface area contributed by atoms with Gasteiger partial charge in [0.15, 0.2) is 12.4 Å². The van der Waals surface area contributed by atoms with Crippen LogP contribution in [0.15, 0.2) is 5.38 Å². The van der Waals surface area contributed by atoms with Crippen LogP contribution >= 0.6 is 11.3 Å². The van der Waals surface area contributed by atoms with E-state index in [0.29, 0.717) is 5.75 Å². The van der Waals surface area contributed by atoms with Crippen LogP contribution in [0.2, 0.25) is 0 Å². The third-order valence-electron chi connectivity index (χ3n) is 2.73. The van der Waals surface area contributed by atoms with Crippen molar-refractivity contribution in [3.63, 3.8) is 0 Å². The molecular weight excluding hydrogens is 288 g/mol. The monoisotopic (exact) mass is 300 g/mol. The predicted octanol–water partition coefficient (Wildman–Crippen LogP) is -0.328. The molecule has 0 bridgehead atoms. The molecule has 3 N–H and O–H groups in total. The Hall–Kier alpha value is -2.13. The summed E-state index contributed by atoms with van der Waals surface area (Å²) >= 11 is 0.945. The molecule has 108 valence electrons. The Morgan fingerprint density at radius 2 is 2.35 bits per heavy atom. The van der Waals surface area contributed by atoms with E-state index in [1.807, 2.05) is 0 Å². The Labute approximate surface area is 117 Å². The molecule has 0 saturated carbocycles. The minimum atomic E-state index is -1.17. The van der Waals surface area contributed by atoms with Crippen molar-refractivity contribution in [2.24, 2.45) is 5.73 Å². The fourth-order valence-corrected chi connectivity index (χ4v) is 2.63. The first-order valence-corrected chi connectivity index (χ1v) is 6.45. The number of hydrogen-bond acceptors (Lipinski definition) is 7. The van der Waals surface area contributed by atoms with E-state index in [1.165, 1.54) is 12.5 Å². The smallest absolute Gasteiger partial charge is 0.348 e. The Morgan fingerprint density at radius 3 is 2.95 bits per heavy atom. The fourth-order valence-electron chi connectivity index (χ4n) is 1.80. The Morgan fingerprint density at radius 1 is 1.65 bits per heavy atom. The maximum Gasteiger partial charge on any atom is 0.348 e. The molecule has 0 radical (unpaired) electrons. The lowest BCUT2D eigenvalue weighted by molar-refractivity contribution is -0.141. The lowest BCUT2D eigenvalue weighted by atomic mass is 10.2. The van der Waals surface area contributed by atoms with E-state index in [9.17, 15) is 14.4 Å². The highest BCUT2D eigenvalue weighted by molar-refractivity contribution is 7.13. The summed E-state index contributed by atoms with van der Waals surface area (Å²) in [5.41, 5.74) is 5.76. The van der Waals surface area contributed by atoms with Crippen LogP contribution in [0.4, 0.5) is 5.69 Å². The lowest BCUT2D eigenvalue weighted by Gasteiger charge is -2.29. The number of carbonyl (C=O) groups excluding carboxylic acids is 2. The molecule has 1 aliphatic rings. The minimum absolute atomic E-state index is 0.0369. The molecule has 0 saturated heterocycles. The number of hydrogen-bond donors (Lipinski definition) is 2. The Balaban J connectivity index is 2.34. The van der Waals surface area contributed by atoms with Gasteiger partial charge in [0.2, 0.25) is 0 Å². The van der Waals surface area contributed by atoms with Gasteiger partial charge in [-0.3, -0.25) is 9.59 Å². The molecule has 1 amide bonds. The quantitative estimate of drug-likeness (QED) is 0.731. The summed E-state index contributed by atoms with van der Waals surface area (Å²) in [6.07, 6.45) is 0. The summed E-state index contributed by atoms with van der Waals surface area (Å²) in [4.78, 5) is 35.5. The maximum atomic E-state index is 11.9. The van der Waals surface area contributed by atoms with Crippen LogP contribution in [-0.2, 0) is 14.3 Å². The molecule has 2 heterocycles. The average Bonchev–Trinajstić information content (AvgIpc) is 2.85. The highest BCUT2D eigenvalue weighted by Gasteiger charge is 2.34. The van der Waals surface area contributed by atoms with Crippen molar-refractivity contribution in [3.8, 4) is 5.75 Å². The van der Waals surface area contributed by atoms with Crippen molar-refractivity contribution >= 4 is 34.9 Å². The standard InChI is InChI=1S/C11H12N2O6S/c1-18-11(17)5(12)2-13-7(14)3-19-6-4-20-9(8(6)13)10(15)16/h4-5H,2-3,12H2,1H3,(H,15,16)/t5-/m0/s1. The summed E-state index contributed by atoms with van der Waals surface area (Å²) in [5.74, 6) is -2.02. The number of rotatable bonds is 4. The van der Waals surface area contributed by atoms with E-state index >= 15 is 0 Å². The molecule has 2 rings (SSSR count). The number of carbonyl (C=O) groups is 3. The molecular formula is C11H12N2O6S. The second kappa shape index (κ2) is 5.47. The van der Waals surface area contributed by atoms with Gasteiger partial charge in [-0.15, -0.1) is 11.3 Å². The van der Waals surface area contributed by atoms with Gasteiger partial charge in [0.05, 0.1) is 13.7 Å². The number of aromatic carboxylic acids is 1. The molecule has 0 aliphatic carbocycles. The second-order valence-electron chi connectivity index (χ2n) is 4.01. The number of nitrogens with two attached hydrogens (primary N) is 1. The van der Waals surface area contributed by atoms with Gasteiger partial charge in [-0.1, -0.05) is 0 Å². The van der Waals surface area contributed by atoms with Gasteiger partial charge in [0.25, 0.3) is 5.91 Å². The molecule has 1 atom stereocenters. The molecule has 1 aliphatic heterocycles. The molecule has 8 nitrogen and oxygen atoms in total. The Kier molecular flexibility index (Phi) is 3.91. The summed E-state index contributed by atoms with van der Waals surface area (Å²) in [6.45, 7) is -0.393. The topological polar surface area (TPSA) is 119 Å². The van der Waals surface area contributed by atoms with Gasteiger partial charge in [0, 0.05) is 5.38 Å². The van der Waals surface area contributed by atoms with Gasteiger partial charge in [0.1, 0.15) is 16.6 Å². The number of fused-ring (bicyclic) bond motifs is 1. The zero-order valence-electron chi connectivity index (χ0n) is 10.5. The minimum Gasteiger partial charge on any atom is -0.481 e. The van der Waals surface area contributed by atoms with Crippen LogP contribution in [0.5, 0.6) is 5.75 Å². The van der Waals surface area contributed by atoms with E-state index in [1.54, 1.807) is 0 Å². The number of nitrogens with zero attached hydrogens (tertiary/aromatic N) is 1. The van der Waals surface area contributed by atoms with Crippen molar-refractivity contribution in [1.29, 1.82) is 0 Å². The second-order valence-corrected chi connectivity index (χ2v) is 4.89. The van der Waals surface area contributed by atoms with Crippen LogP contribution in [-0.4, -0.2) is 49.3 Å². The van der Waals surface area contributed by atoms with Crippen molar-refractivity contribution in [2.75, 3.05) is 25.2 Å². The van der Waals surface area contributed by atoms with E-state index in [-0.39, 0.29) is 23.7 Å². The molecule has 0 fully saturated rings. The van der Waals surface area contributed by atoms with Crippen LogP contribution in [0.3, 0.4) is 0 Å². The normalized spacial score (nSPS) is 15.3. The molecule has 0 aromatic carbocycles. The van der Waals surface area contributed by atoms with E-state index in [4.69, 9.17) is 15.6 Å². The third kappa shape index (κ3) is 2.45. The van der Waals surface area contributed by atoms with E-state index in [0.717, 1.165) is 16.2 Å². The number of methoxy groups -OCH3 is 1. The summed E-state index contributed by atoms with van der Waals surface area (Å²) in [6, 6.07) is -1.06. The van der Waals surface area contributed by atoms with Crippen LogP contribution in [0.1, 0.15) is 9.67 Å². The third-order valence-corrected chi connectivity index (χ3v) is 3.67. The van der Waals surface area contributed by atoms with Crippen molar-refractivity contribution in [2.45, 2.75) is 6.04 Å². The van der Waals surface area contributed by atoms with Gasteiger partial charge in [-0.05, 0) is 0 Å². The van der Waals surface area contributed by atoms with Gasteiger partial charge in [-0.2, -0.15) is 0 Å². The molecule has 1 aromatic rings. The number of thiophene rings is 1. The van der Waals surface area contributed by atoms with Crippen molar-refractivity contribution in [1.82, 2.24) is 0 Å². The average molecular weight is 300 g/mol. The lowest BCUT2D eigenvalue weighted by Crippen LogP contribution is -2.49. The number of ether oxygens (including phenoxy) is 2. The molecule has 1 aromatic heterocycles. The predicted molar refractivity (Wildman–Crippen MR) is 69.1 cm³/mol. The van der Waals surface area contributed by atoms with Crippen LogP contribution < -0.4 is 15.4 Å². The summed E-state index contributed by atoms with van der Waals surface area (Å²) < 4.78 is 9.65. The van der Waals surface area contributed by atoms with Gasteiger partial charge >= 0.3 is 11.9 Å². The number of carboxylic acids is 1. The number of esters is 1. The summed E-state index contributed by atoms with van der Waals surface area (Å²) in [5, 5.41) is 10.6. The van der Waals surface area contributed by atoms with Crippen LogP contribution in [0.25, 0.3) is 0 Å². The molecule has 20 heavy (non-hydrogen) atoms.